The maximum absolute atomic E-state index is 13.7. The number of carboxylic acids is 1. The summed E-state index contributed by atoms with van der Waals surface area (Å²) in [5.74, 6) is -2.98. The zero-order chi connectivity index (χ0) is 34.6. The molecule has 1 amide bonds. The number of para-hydroxylation sites is 1. The fraction of sp³-hybridized carbons (Fsp3) is 0.219. The maximum atomic E-state index is 13.7. The maximum Gasteiger partial charge on any atom is 0.490 e. The van der Waals surface area contributed by atoms with E-state index < -0.39 is 12.1 Å². The summed E-state index contributed by atoms with van der Waals surface area (Å²) >= 11 is 12.3. The quantitative estimate of drug-likeness (QED) is 0.208. The topological polar surface area (TPSA) is 145 Å². The minimum Gasteiger partial charge on any atom is -0.475 e. The number of nitrogens with one attached hydrogen (secondary N) is 1. The molecule has 0 fully saturated rings. The molecular formula is C32H26Cl2F3N7O4. The van der Waals surface area contributed by atoms with E-state index in [1.807, 2.05) is 43.3 Å². The van der Waals surface area contributed by atoms with Gasteiger partial charge in [-0.15, -0.1) is 5.10 Å². The number of carbonyl (C=O) groups is 2. The van der Waals surface area contributed by atoms with Gasteiger partial charge in [-0.25, -0.2) is 14.5 Å². The molecule has 0 radical (unpaired) electrons. The van der Waals surface area contributed by atoms with Crippen LogP contribution >= 0.6 is 23.2 Å². The van der Waals surface area contributed by atoms with Gasteiger partial charge in [0.05, 0.1) is 35.6 Å². The van der Waals surface area contributed by atoms with Crippen LogP contribution in [-0.4, -0.2) is 52.7 Å². The van der Waals surface area contributed by atoms with E-state index in [-0.39, 0.29) is 28.6 Å². The molecule has 16 heteroatoms. The standard InChI is InChI=1S/C30H25Cl2N7O2.C2HF3O2/c1-18-5-4-8-27(25-13-19(11-12-33-25)21-6-2-3-7-23(21)35-30(18)41)38-17-34-24(15-29(38)40)22-14-20(31)9-10-26(22)39-16-28(32)36-37-39;3-2(4,5)1(6)7/h2-3,6-7,9-18,27H,4-5,8H2,1H3,(H,35,41);(H,6,7)/t18-,27+;/m1./s1. The van der Waals surface area contributed by atoms with Gasteiger partial charge in [0.15, 0.2) is 5.15 Å². The molecule has 11 nitrogen and oxygen atoms in total. The summed E-state index contributed by atoms with van der Waals surface area (Å²) in [6.07, 6.45) is 1.75. The molecule has 5 aromatic rings. The third-order valence-corrected chi connectivity index (χ3v) is 7.95. The smallest absolute Gasteiger partial charge is 0.475 e. The van der Waals surface area contributed by atoms with E-state index in [9.17, 15) is 22.8 Å². The van der Waals surface area contributed by atoms with Gasteiger partial charge in [-0.05, 0) is 54.8 Å². The van der Waals surface area contributed by atoms with Crippen LogP contribution in [0.2, 0.25) is 10.2 Å². The van der Waals surface area contributed by atoms with Crippen molar-refractivity contribution in [1.82, 2.24) is 29.5 Å². The van der Waals surface area contributed by atoms with Crippen molar-refractivity contribution >= 4 is 40.8 Å². The largest absolute Gasteiger partial charge is 0.490 e. The zero-order valence-electron chi connectivity index (χ0n) is 25.0. The molecule has 0 unspecified atom stereocenters. The van der Waals surface area contributed by atoms with Crippen molar-refractivity contribution in [3.63, 3.8) is 0 Å². The molecule has 48 heavy (non-hydrogen) atoms. The van der Waals surface area contributed by atoms with Gasteiger partial charge in [-0.1, -0.05) is 60.0 Å². The van der Waals surface area contributed by atoms with Crippen molar-refractivity contribution in [3.8, 4) is 28.1 Å². The lowest BCUT2D eigenvalue weighted by atomic mass is 9.95. The second-order valence-electron chi connectivity index (χ2n) is 10.8. The van der Waals surface area contributed by atoms with Gasteiger partial charge in [0.1, 0.15) is 0 Å². The molecule has 2 N–H and O–H groups in total. The van der Waals surface area contributed by atoms with Gasteiger partial charge < -0.3 is 10.4 Å². The zero-order valence-corrected chi connectivity index (χ0v) is 26.5. The molecule has 248 valence electrons. The second kappa shape index (κ2) is 14.4. The number of hydrogen-bond acceptors (Lipinski definition) is 7. The normalized spacial score (nSPS) is 16.3. The number of aliphatic carboxylic acids is 1. The first kappa shape index (κ1) is 34.3. The van der Waals surface area contributed by atoms with Gasteiger partial charge in [0, 0.05) is 40.0 Å². The number of anilines is 1. The number of carbonyl (C=O) groups excluding carboxylic acids is 1. The van der Waals surface area contributed by atoms with Crippen LogP contribution in [-0.2, 0) is 9.59 Å². The number of amides is 1. The highest BCUT2D eigenvalue weighted by molar-refractivity contribution is 6.31. The van der Waals surface area contributed by atoms with Crippen LogP contribution in [0.1, 0.15) is 37.9 Å². The fourth-order valence-electron chi connectivity index (χ4n) is 5.14. The lowest BCUT2D eigenvalue weighted by molar-refractivity contribution is -0.192. The average molecular weight is 701 g/mol. The molecule has 4 heterocycles. The molecule has 3 aromatic heterocycles. The third-order valence-electron chi connectivity index (χ3n) is 7.54. The van der Waals surface area contributed by atoms with E-state index in [1.165, 1.54) is 10.7 Å². The van der Waals surface area contributed by atoms with E-state index in [4.69, 9.17) is 33.1 Å². The molecule has 0 spiro atoms. The van der Waals surface area contributed by atoms with Crippen LogP contribution in [0, 0.1) is 5.92 Å². The molecule has 1 aliphatic rings. The highest BCUT2D eigenvalue weighted by Crippen LogP contribution is 2.33. The first-order chi connectivity index (χ1) is 22.8. The van der Waals surface area contributed by atoms with Crippen LogP contribution < -0.4 is 10.9 Å². The van der Waals surface area contributed by atoms with Crippen molar-refractivity contribution in [2.75, 3.05) is 5.32 Å². The van der Waals surface area contributed by atoms with Crippen LogP contribution in [0.5, 0.6) is 0 Å². The number of pyridine rings is 1. The number of nitrogens with zero attached hydrogens (tertiary/aromatic N) is 6. The van der Waals surface area contributed by atoms with Crippen LogP contribution in [0.3, 0.4) is 0 Å². The van der Waals surface area contributed by atoms with Crippen molar-refractivity contribution < 1.29 is 27.9 Å². The highest BCUT2D eigenvalue weighted by Gasteiger charge is 2.38. The summed E-state index contributed by atoms with van der Waals surface area (Å²) in [7, 11) is 0. The van der Waals surface area contributed by atoms with E-state index in [2.05, 4.69) is 25.6 Å². The van der Waals surface area contributed by atoms with Gasteiger partial charge >= 0.3 is 12.1 Å². The lowest BCUT2D eigenvalue weighted by Crippen LogP contribution is -2.27. The molecule has 0 saturated carbocycles. The number of alkyl halides is 3. The molecule has 2 aromatic carbocycles. The summed E-state index contributed by atoms with van der Waals surface area (Å²) < 4.78 is 34.9. The summed E-state index contributed by atoms with van der Waals surface area (Å²) in [5, 5.41) is 18.8. The third kappa shape index (κ3) is 7.89. The molecule has 0 saturated heterocycles. The summed E-state index contributed by atoms with van der Waals surface area (Å²) in [6.45, 7) is 1.92. The molecular weight excluding hydrogens is 674 g/mol. The van der Waals surface area contributed by atoms with E-state index in [0.29, 0.717) is 41.2 Å². The Labute approximate surface area is 281 Å². The Bertz CT molecular complexity index is 2030. The monoisotopic (exact) mass is 699 g/mol. The molecule has 0 aliphatic carbocycles. The average Bonchev–Trinajstić information content (AvgIpc) is 3.48. The summed E-state index contributed by atoms with van der Waals surface area (Å²) in [5.41, 5.74) is 4.71. The number of halogens is 5. The number of benzene rings is 2. The van der Waals surface area contributed by atoms with Crippen molar-refractivity contribution in [3.05, 3.63) is 106 Å². The van der Waals surface area contributed by atoms with Crippen molar-refractivity contribution in [1.29, 1.82) is 0 Å². The van der Waals surface area contributed by atoms with E-state index >= 15 is 0 Å². The van der Waals surface area contributed by atoms with Crippen LogP contribution in [0.15, 0.2) is 84.2 Å². The summed E-state index contributed by atoms with van der Waals surface area (Å²) in [4.78, 5) is 44.8. The van der Waals surface area contributed by atoms with Gasteiger partial charge in [-0.2, -0.15) is 13.2 Å². The Morgan fingerprint density at radius 1 is 1.00 bits per heavy atom. The Morgan fingerprint density at radius 3 is 2.44 bits per heavy atom. The predicted octanol–water partition coefficient (Wildman–Crippen LogP) is 6.84. The Balaban J connectivity index is 0.000000582. The fourth-order valence-corrected chi connectivity index (χ4v) is 5.44. The van der Waals surface area contributed by atoms with Crippen molar-refractivity contribution in [2.24, 2.45) is 5.92 Å². The minimum absolute atomic E-state index is 0.0296. The molecule has 2 atom stereocenters. The summed E-state index contributed by atoms with van der Waals surface area (Å²) in [6, 6.07) is 17.9. The number of carboxylic acid groups (broad SMARTS) is 1. The number of rotatable bonds is 3. The van der Waals surface area contributed by atoms with Crippen LogP contribution in [0.25, 0.3) is 28.1 Å². The Morgan fingerprint density at radius 2 is 1.75 bits per heavy atom. The first-order valence-electron chi connectivity index (χ1n) is 14.4. The first-order valence-corrected chi connectivity index (χ1v) is 15.2. The molecule has 6 rings (SSSR count). The van der Waals surface area contributed by atoms with Gasteiger partial charge in [0.2, 0.25) is 5.91 Å². The number of hydrogen-bond donors (Lipinski definition) is 2. The number of aromatic nitrogens is 6. The SMILES string of the molecule is C[C@@H]1CCC[C@H](n2cnc(-c3cc(Cl)ccc3-n3cc(Cl)nn3)cc2=O)c2cc(ccn2)-c2ccccc2NC1=O.O=C(O)C(F)(F)F. The Kier molecular flexibility index (Phi) is 10.2. The second-order valence-corrected chi connectivity index (χ2v) is 11.6. The molecule has 2 bridgehead atoms. The van der Waals surface area contributed by atoms with Gasteiger partial charge in [0.25, 0.3) is 5.56 Å². The van der Waals surface area contributed by atoms with E-state index in [0.717, 1.165) is 22.5 Å². The lowest BCUT2D eigenvalue weighted by Gasteiger charge is -2.23. The van der Waals surface area contributed by atoms with Crippen LogP contribution in [0.4, 0.5) is 18.9 Å². The van der Waals surface area contributed by atoms with Crippen molar-refractivity contribution in [2.45, 2.75) is 38.4 Å². The predicted molar refractivity (Wildman–Crippen MR) is 172 cm³/mol. The van der Waals surface area contributed by atoms with E-state index in [1.54, 1.807) is 41.5 Å². The molecule has 1 aliphatic heterocycles. The highest BCUT2D eigenvalue weighted by atomic mass is 35.5. The minimum atomic E-state index is -5.08. The Hall–Kier alpha value is -5.08. The van der Waals surface area contributed by atoms with Gasteiger partial charge in [-0.3, -0.25) is 19.1 Å². The number of fused-ring (bicyclic) bond motifs is 4.